The van der Waals surface area contributed by atoms with Gasteiger partial charge < -0.3 is 10.5 Å². The summed E-state index contributed by atoms with van der Waals surface area (Å²) in [7, 11) is 0. The van der Waals surface area contributed by atoms with Crippen molar-refractivity contribution in [3.05, 3.63) is 21.9 Å². The second-order valence-electron chi connectivity index (χ2n) is 2.23. The first-order valence-corrected chi connectivity index (χ1v) is 4.60. The molecule has 0 saturated heterocycles. The molecule has 1 aromatic rings. The smallest absolute Gasteiger partial charge is 0.338 e. The molecule has 0 aliphatic rings. The van der Waals surface area contributed by atoms with Gasteiger partial charge in [-0.2, -0.15) is 0 Å². The number of ether oxygens (including phenoxy) is 1. The molecule has 0 radical (unpaired) electrons. The van der Waals surface area contributed by atoms with Crippen molar-refractivity contribution >= 4 is 17.3 Å². The Morgan fingerprint density at radius 1 is 1.75 bits per heavy atom. The maximum Gasteiger partial charge on any atom is 0.338 e. The highest BCUT2D eigenvalue weighted by molar-refractivity contribution is 7.10. The van der Waals surface area contributed by atoms with Crippen LogP contribution in [0.25, 0.3) is 0 Å². The van der Waals surface area contributed by atoms with E-state index in [9.17, 15) is 4.79 Å². The number of rotatable bonds is 3. The summed E-state index contributed by atoms with van der Waals surface area (Å²) in [5, 5.41) is 1.76. The van der Waals surface area contributed by atoms with E-state index in [1.807, 2.05) is 0 Å². The largest absolute Gasteiger partial charge is 0.462 e. The van der Waals surface area contributed by atoms with Crippen molar-refractivity contribution < 1.29 is 9.53 Å². The van der Waals surface area contributed by atoms with Gasteiger partial charge in [0.15, 0.2) is 0 Å². The quantitative estimate of drug-likeness (QED) is 0.724. The van der Waals surface area contributed by atoms with E-state index in [1.54, 1.807) is 18.4 Å². The molecular formula is C8H11NO2S. The maximum absolute atomic E-state index is 11.1. The van der Waals surface area contributed by atoms with E-state index in [4.69, 9.17) is 10.5 Å². The minimum atomic E-state index is -0.270. The van der Waals surface area contributed by atoms with E-state index in [-0.39, 0.29) is 5.97 Å². The molecular weight excluding hydrogens is 174 g/mol. The lowest BCUT2D eigenvalue weighted by atomic mass is 10.3. The third-order valence-corrected chi connectivity index (χ3v) is 2.33. The molecule has 0 bridgehead atoms. The molecule has 12 heavy (non-hydrogen) atoms. The lowest BCUT2D eigenvalue weighted by Gasteiger charge is -1.96. The zero-order valence-corrected chi connectivity index (χ0v) is 7.69. The van der Waals surface area contributed by atoms with E-state index in [0.717, 1.165) is 4.88 Å². The molecule has 0 unspecified atom stereocenters. The molecule has 66 valence electrons. The average molecular weight is 185 g/mol. The first-order chi connectivity index (χ1) is 5.77. The molecule has 1 aromatic heterocycles. The maximum atomic E-state index is 11.1. The number of carbonyl (C=O) groups excluding carboxylic acids is 1. The summed E-state index contributed by atoms with van der Waals surface area (Å²) in [6, 6.07) is 1.77. The van der Waals surface area contributed by atoms with E-state index >= 15 is 0 Å². The fourth-order valence-corrected chi connectivity index (χ4v) is 1.54. The summed E-state index contributed by atoms with van der Waals surface area (Å²) in [6.07, 6.45) is 0. The van der Waals surface area contributed by atoms with Crippen LogP contribution in [0, 0.1) is 0 Å². The van der Waals surface area contributed by atoms with E-state index in [1.165, 1.54) is 11.3 Å². The Balaban J connectivity index is 2.68. The zero-order valence-electron chi connectivity index (χ0n) is 6.87. The second kappa shape index (κ2) is 4.23. The van der Waals surface area contributed by atoms with E-state index in [0.29, 0.717) is 18.7 Å². The SMILES string of the molecule is CCOC(=O)c1csc(CN)c1. The van der Waals surface area contributed by atoms with Gasteiger partial charge in [0.25, 0.3) is 0 Å². The summed E-state index contributed by atoms with van der Waals surface area (Å²) in [5.74, 6) is -0.270. The van der Waals surface area contributed by atoms with Gasteiger partial charge >= 0.3 is 5.97 Å². The molecule has 4 heteroatoms. The monoisotopic (exact) mass is 185 g/mol. The number of thiophene rings is 1. The minimum Gasteiger partial charge on any atom is -0.462 e. The van der Waals surface area contributed by atoms with Crippen LogP contribution in [-0.2, 0) is 11.3 Å². The molecule has 0 amide bonds. The molecule has 1 heterocycles. The van der Waals surface area contributed by atoms with Crippen LogP contribution in [0.3, 0.4) is 0 Å². The molecule has 0 spiro atoms. The lowest BCUT2D eigenvalue weighted by molar-refractivity contribution is 0.0527. The van der Waals surface area contributed by atoms with Crippen LogP contribution in [0.2, 0.25) is 0 Å². The standard InChI is InChI=1S/C8H11NO2S/c1-2-11-8(10)6-3-7(4-9)12-5-6/h3,5H,2,4,9H2,1H3. The summed E-state index contributed by atoms with van der Waals surface area (Å²) < 4.78 is 4.81. The second-order valence-corrected chi connectivity index (χ2v) is 3.22. The van der Waals surface area contributed by atoms with Crippen LogP contribution in [-0.4, -0.2) is 12.6 Å². The lowest BCUT2D eigenvalue weighted by Crippen LogP contribution is -2.02. The Morgan fingerprint density at radius 3 is 3.00 bits per heavy atom. The third kappa shape index (κ3) is 2.06. The Morgan fingerprint density at radius 2 is 2.50 bits per heavy atom. The first-order valence-electron chi connectivity index (χ1n) is 3.72. The number of esters is 1. The zero-order chi connectivity index (χ0) is 8.97. The summed E-state index contributed by atoms with van der Waals surface area (Å²) in [6.45, 7) is 2.67. The van der Waals surface area contributed by atoms with Crippen LogP contribution in [0.1, 0.15) is 22.2 Å². The van der Waals surface area contributed by atoms with Crippen molar-refractivity contribution in [2.75, 3.05) is 6.61 Å². The van der Waals surface area contributed by atoms with Gasteiger partial charge in [0.1, 0.15) is 0 Å². The fraction of sp³-hybridized carbons (Fsp3) is 0.375. The van der Waals surface area contributed by atoms with Gasteiger partial charge in [-0.05, 0) is 13.0 Å². The van der Waals surface area contributed by atoms with Crippen molar-refractivity contribution in [1.82, 2.24) is 0 Å². The third-order valence-electron chi connectivity index (χ3n) is 1.37. The van der Waals surface area contributed by atoms with Crippen molar-refractivity contribution in [3.8, 4) is 0 Å². The molecule has 1 rings (SSSR count). The van der Waals surface area contributed by atoms with Gasteiger partial charge in [-0.25, -0.2) is 4.79 Å². The van der Waals surface area contributed by atoms with Gasteiger partial charge in [0, 0.05) is 16.8 Å². The van der Waals surface area contributed by atoms with Gasteiger partial charge in [-0.15, -0.1) is 11.3 Å². The highest BCUT2D eigenvalue weighted by Gasteiger charge is 2.07. The molecule has 0 saturated carbocycles. The fourth-order valence-electron chi connectivity index (χ4n) is 0.809. The predicted molar refractivity (Wildman–Crippen MR) is 48.2 cm³/mol. The highest BCUT2D eigenvalue weighted by Crippen LogP contribution is 2.14. The minimum absolute atomic E-state index is 0.270. The van der Waals surface area contributed by atoms with Crippen molar-refractivity contribution in [2.24, 2.45) is 5.73 Å². The molecule has 0 atom stereocenters. The topological polar surface area (TPSA) is 52.3 Å². The van der Waals surface area contributed by atoms with E-state index in [2.05, 4.69) is 0 Å². The molecule has 0 aliphatic heterocycles. The van der Waals surface area contributed by atoms with Gasteiger partial charge in [-0.3, -0.25) is 0 Å². The van der Waals surface area contributed by atoms with Gasteiger partial charge in [0.05, 0.1) is 12.2 Å². The van der Waals surface area contributed by atoms with E-state index < -0.39 is 0 Å². The van der Waals surface area contributed by atoms with Crippen molar-refractivity contribution in [2.45, 2.75) is 13.5 Å². The Hall–Kier alpha value is -0.870. The number of carbonyl (C=O) groups is 1. The molecule has 0 aliphatic carbocycles. The van der Waals surface area contributed by atoms with Gasteiger partial charge in [0.2, 0.25) is 0 Å². The molecule has 2 N–H and O–H groups in total. The number of hydrogen-bond acceptors (Lipinski definition) is 4. The number of nitrogens with two attached hydrogens (primary N) is 1. The van der Waals surface area contributed by atoms with Crippen LogP contribution in [0.15, 0.2) is 11.4 Å². The predicted octanol–water partition coefficient (Wildman–Crippen LogP) is 1.38. The summed E-state index contributed by atoms with van der Waals surface area (Å²) in [4.78, 5) is 12.1. The van der Waals surface area contributed by atoms with Crippen LogP contribution < -0.4 is 5.73 Å². The Kier molecular flexibility index (Phi) is 3.25. The average Bonchev–Trinajstić information content (AvgIpc) is 2.52. The molecule has 0 aromatic carbocycles. The van der Waals surface area contributed by atoms with Crippen molar-refractivity contribution in [3.63, 3.8) is 0 Å². The first kappa shape index (κ1) is 9.22. The Labute approximate surface area is 75.1 Å². The van der Waals surface area contributed by atoms with Gasteiger partial charge in [-0.1, -0.05) is 0 Å². The normalized spacial score (nSPS) is 9.83. The van der Waals surface area contributed by atoms with Crippen LogP contribution in [0.4, 0.5) is 0 Å². The van der Waals surface area contributed by atoms with Crippen LogP contribution in [0.5, 0.6) is 0 Å². The highest BCUT2D eigenvalue weighted by atomic mass is 32.1. The van der Waals surface area contributed by atoms with Crippen LogP contribution >= 0.6 is 11.3 Å². The molecule has 0 fully saturated rings. The summed E-state index contributed by atoms with van der Waals surface area (Å²) in [5.41, 5.74) is 5.99. The molecule has 3 nitrogen and oxygen atoms in total. The van der Waals surface area contributed by atoms with Crippen molar-refractivity contribution in [1.29, 1.82) is 0 Å². The summed E-state index contributed by atoms with van der Waals surface area (Å²) >= 11 is 1.48. The number of hydrogen-bond donors (Lipinski definition) is 1. The Bertz CT molecular complexity index is 270.